The van der Waals surface area contributed by atoms with Crippen LogP contribution < -0.4 is 18.9 Å². The summed E-state index contributed by atoms with van der Waals surface area (Å²) in [5.74, 6) is -0.700. The van der Waals surface area contributed by atoms with Crippen molar-refractivity contribution in [2.45, 2.75) is 44.1 Å². The smallest absolute Gasteiger partial charge is 0.310 e. The average molecular weight is 747 g/mol. The molecule has 0 fully saturated rings. The number of rotatable bonds is 16. The second-order valence-electron chi connectivity index (χ2n) is 12.3. The molecule has 278 valence electrons. The fraction of sp³-hybridized carbons (Fsp3) is 0.250. The Kier molecular flexibility index (Phi) is 12.5. The molecule has 2 heterocycles. The number of ether oxygens (including phenoxy) is 4. The molecule has 5 aromatic rings. The van der Waals surface area contributed by atoms with Crippen LogP contribution in [0.25, 0.3) is 11.6 Å². The van der Waals surface area contributed by atoms with Gasteiger partial charge in [-0.05, 0) is 52.4 Å². The van der Waals surface area contributed by atoms with Gasteiger partial charge in [0.05, 0.1) is 30.4 Å². The summed E-state index contributed by atoms with van der Waals surface area (Å²) in [6.45, 7) is 5.56. The standard InChI is InChI=1S/C36H38N6O10S/c1-36(2,3)26-14-16-27(17-15-26)53(46,47)41-32-31(52-29-9-6-5-8-28(29)48-4)35(40-34(39-32)33-37-18-7-19-38-33)50-21-20-49-30(43)22-24-10-12-25(13-11-24)23-51-42(44)45/h5-19,44-45H,20-23H2,1-4H3,(H,39,40,41). The molecule has 0 aliphatic rings. The Bertz CT molecular complexity index is 2100. The predicted molar refractivity (Wildman–Crippen MR) is 189 cm³/mol. The third-order valence-electron chi connectivity index (χ3n) is 7.45. The van der Waals surface area contributed by atoms with E-state index in [1.54, 1.807) is 66.7 Å². The first-order valence-corrected chi connectivity index (χ1v) is 17.6. The van der Waals surface area contributed by atoms with Gasteiger partial charge in [-0.15, -0.1) is 0 Å². The van der Waals surface area contributed by atoms with Gasteiger partial charge in [0.2, 0.25) is 11.6 Å². The average Bonchev–Trinajstić information content (AvgIpc) is 3.14. The van der Waals surface area contributed by atoms with Crippen LogP contribution in [0.1, 0.15) is 37.5 Å². The number of carbonyl (C=O) groups excluding carboxylic acids is 1. The van der Waals surface area contributed by atoms with Crippen molar-refractivity contribution in [3.8, 4) is 34.8 Å². The number of sulfonamides is 1. The summed E-state index contributed by atoms with van der Waals surface area (Å²) < 4.78 is 53.2. The number of para-hydroxylation sites is 2. The molecule has 0 saturated heterocycles. The van der Waals surface area contributed by atoms with Crippen molar-refractivity contribution in [1.82, 2.24) is 25.3 Å². The molecule has 0 unspecified atom stereocenters. The van der Waals surface area contributed by atoms with Gasteiger partial charge in [0.1, 0.15) is 13.2 Å². The Labute approximate surface area is 305 Å². The molecule has 16 nitrogen and oxygen atoms in total. The highest BCUT2D eigenvalue weighted by Gasteiger charge is 2.26. The minimum atomic E-state index is -4.25. The lowest BCUT2D eigenvalue weighted by atomic mass is 9.87. The first-order chi connectivity index (χ1) is 25.3. The Morgan fingerprint density at radius 1 is 0.830 bits per heavy atom. The maximum Gasteiger partial charge on any atom is 0.310 e. The van der Waals surface area contributed by atoms with Crippen molar-refractivity contribution in [2.24, 2.45) is 0 Å². The lowest BCUT2D eigenvalue weighted by Gasteiger charge is -2.20. The summed E-state index contributed by atoms with van der Waals surface area (Å²) >= 11 is 0. The van der Waals surface area contributed by atoms with Crippen molar-refractivity contribution >= 4 is 21.8 Å². The molecule has 17 heteroatoms. The van der Waals surface area contributed by atoms with Gasteiger partial charge in [0.15, 0.2) is 23.1 Å². The Balaban J connectivity index is 1.42. The second-order valence-corrected chi connectivity index (χ2v) is 14.0. The van der Waals surface area contributed by atoms with Gasteiger partial charge in [-0.2, -0.15) is 4.98 Å². The third kappa shape index (κ3) is 10.7. The summed E-state index contributed by atoms with van der Waals surface area (Å²) in [5, 5.41) is 17.0. The van der Waals surface area contributed by atoms with Crippen LogP contribution in [0.2, 0.25) is 0 Å². The number of hydrogen-bond acceptors (Lipinski definition) is 15. The number of methoxy groups -OCH3 is 1. The van der Waals surface area contributed by atoms with E-state index in [2.05, 4.69) is 29.5 Å². The zero-order valence-corrected chi connectivity index (χ0v) is 30.1. The Morgan fingerprint density at radius 3 is 2.13 bits per heavy atom. The number of anilines is 1. The molecule has 0 spiro atoms. The zero-order chi connectivity index (χ0) is 38.0. The summed E-state index contributed by atoms with van der Waals surface area (Å²) in [4.78, 5) is 34.5. The molecule has 0 bridgehead atoms. The molecule has 0 aliphatic carbocycles. The Morgan fingerprint density at radius 2 is 1.49 bits per heavy atom. The van der Waals surface area contributed by atoms with Gasteiger partial charge in [-0.25, -0.2) is 28.2 Å². The van der Waals surface area contributed by atoms with Crippen molar-refractivity contribution < 1.29 is 47.4 Å². The third-order valence-corrected chi connectivity index (χ3v) is 8.80. The molecular weight excluding hydrogens is 708 g/mol. The number of aromatic nitrogens is 4. The summed E-state index contributed by atoms with van der Waals surface area (Å²) in [7, 11) is -2.79. The normalized spacial score (nSPS) is 11.6. The van der Waals surface area contributed by atoms with Crippen LogP contribution in [-0.2, 0) is 42.8 Å². The van der Waals surface area contributed by atoms with E-state index in [-0.39, 0.29) is 76.8 Å². The Hall–Kier alpha value is -5.72. The van der Waals surface area contributed by atoms with Gasteiger partial charge < -0.3 is 18.9 Å². The molecule has 0 saturated carbocycles. The van der Waals surface area contributed by atoms with Crippen molar-refractivity contribution in [3.63, 3.8) is 0 Å². The SMILES string of the molecule is COc1ccccc1Oc1c(NS(=O)(=O)c2ccc(C(C)(C)C)cc2)nc(-c2ncccn2)nc1OCCOC(=O)Cc1ccc(CON(O)O)cc1. The highest BCUT2D eigenvalue weighted by atomic mass is 32.2. The lowest BCUT2D eigenvalue weighted by molar-refractivity contribution is -0.497. The number of benzene rings is 3. The summed E-state index contributed by atoms with van der Waals surface area (Å²) in [6.07, 6.45) is 2.90. The van der Waals surface area contributed by atoms with E-state index in [4.69, 9.17) is 29.4 Å². The minimum absolute atomic E-state index is 0.0239. The molecular formula is C36H38N6O10S. The maximum atomic E-state index is 13.8. The fourth-order valence-corrected chi connectivity index (χ4v) is 5.74. The fourth-order valence-electron chi connectivity index (χ4n) is 4.73. The summed E-state index contributed by atoms with van der Waals surface area (Å²) in [6, 6.07) is 21.5. The molecule has 2 aromatic heterocycles. The van der Waals surface area contributed by atoms with E-state index in [0.717, 1.165) is 5.56 Å². The molecule has 0 atom stereocenters. The van der Waals surface area contributed by atoms with Gasteiger partial charge in [0, 0.05) is 12.4 Å². The van der Waals surface area contributed by atoms with E-state index in [9.17, 15) is 13.2 Å². The number of nitrogens with one attached hydrogen (secondary N) is 1. The van der Waals surface area contributed by atoms with Crippen LogP contribution in [0.15, 0.2) is 96.2 Å². The number of carbonyl (C=O) groups is 1. The van der Waals surface area contributed by atoms with Crippen LogP contribution >= 0.6 is 0 Å². The van der Waals surface area contributed by atoms with Crippen molar-refractivity contribution in [2.75, 3.05) is 25.0 Å². The van der Waals surface area contributed by atoms with Crippen LogP contribution in [0.3, 0.4) is 0 Å². The predicted octanol–water partition coefficient (Wildman–Crippen LogP) is 5.51. The first-order valence-electron chi connectivity index (χ1n) is 16.1. The van der Waals surface area contributed by atoms with Crippen LogP contribution in [0.5, 0.6) is 23.1 Å². The van der Waals surface area contributed by atoms with Gasteiger partial charge in [-0.1, -0.05) is 69.3 Å². The monoisotopic (exact) mass is 746 g/mol. The van der Waals surface area contributed by atoms with Crippen molar-refractivity contribution in [1.29, 1.82) is 0 Å². The van der Waals surface area contributed by atoms with Crippen LogP contribution in [-0.4, -0.2) is 70.5 Å². The van der Waals surface area contributed by atoms with Crippen LogP contribution in [0.4, 0.5) is 5.82 Å². The van der Waals surface area contributed by atoms with Gasteiger partial charge >= 0.3 is 5.97 Å². The number of nitrogens with zero attached hydrogens (tertiary/aromatic N) is 5. The lowest BCUT2D eigenvalue weighted by Crippen LogP contribution is -2.18. The van der Waals surface area contributed by atoms with Gasteiger partial charge in [-0.3, -0.25) is 19.9 Å². The van der Waals surface area contributed by atoms with E-state index in [1.807, 2.05) is 20.8 Å². The minimum Gasteiger partial charge on any atom is -0.493 e. The number of esters is 1. The van der Waals surface area contributed by atoms with E-state index in [0.29, 0.717) is 16.9 Å². The van der Waals surface area contributed by atoms with E-state index < -0.39 is 16.0 Å². The zero-order valence-electron chi connectivity index (χ0n) is 29.3. The molecule has 3 aromatic carbocycles. The first kappa shape index (κ1) is 38.5. The van der Waals surface area contributed by atoms with E-state index in [1.165, 1.54) is 31.6 Å². The highest BCUT2D eigenvalue weighted by molar-refractivity contribution is 7.92. The summed E-state index contributed by atoms with van der Waals surface area (Å²) in [5.41, 5.74) is 2.03. The highest BCUT2D eigenvalue weighted by Crippen LogP contribution is 2.41. The maximum absolute atomic E-state index is 13.8. The molecule has 0 aliphatic heterocycles. The topological polar surface area (TPSA) is 205 Å². The molecule has 53 heavy (non-hydrogen) atoms. The molecule has 0 amide bonds. The largest absolute Gasteiger partial charge is 0.493 e. The quantitative estimate of drug-likeness (QED) is 0.0647. The van der Waals surface area contributed by atoms with E-state index >= 15 is 0 Å². The number of hydrogen-bond donors (Lipinski definition) is 3. The molecule has 3 N–H and O–H groups in total. The molecule has 5 rings (SSSR count). The molecule has 0 radical (unpaired) electrons. The van der Waals surface area contributed by atoms with Crippen molar-refractivity contribution in [3.05, 3.63) is 108 Å². The van der Waals surface area contributed by atoms with Gasteiger partial charge in [0.25, 0.3) is 15.9 Å². The second kappa shape index (κ2) is 17.2. The van der Waals surface area contributed by atoms with Crippen LogP contribution in [0, 0.1) is 0 Å².